The summed E-state index contributed by atoms with van der Waals surface area (Å²) in [4.78, 5) is 27.0. The zero-order valence-corrected chi connectivity index (χ0v) is 14.0. The van der Waals surface area contributed by atoms with Gasteiger partial charge >= 0.3 is 11.8 Å². The van der Waals surface area contributed by atoms with Gasteiger partial charge in [-0.25, -0.2) is 14.0 Å². The fraction of sp³-hybridized carbons (Fsp3) is 0.667. The highest BCUT2D eigenvalue weighted by Gasteiger charge is 2.42. The first-order chi connectivity index (χ1) is 11.8. The summed E-state index contributed by atoms with van der Waals surface area (Å²) in [6.45, 7) is 3.68. The number of aliphatic hydroxyl groups is 2. The van der Waals surface area contributed by atoms with Gasteiger partial charge in [0, 0.05) is 0 Å². The van der Waals surface area contributed by atoms with Gasteiger partial charge in [-0.3, -0.25) is 9.88 Å². The van der Waals surface area contributed by atoms with Crippen molar-refractivity contribution < 1.29 is 28.9 Å². The number of amides is 1. The van der Waals surface area contributed by atoms with Crippen LogP contribution >= 0.6 is 0 Å². The average molecular weight is 359 g/mol. The average Bonchev–Trinajstić information content (AvgIpc) is 2.82. The van der Waals surface area contributed by atoms with Gasteiger partial charge in [0.2, 0.25) is 0 Å². The van der Waals surface area contributed by atoms with E-state index in [1.165, 1.54) is 6.92 Å². The normalized spacial score (nSPS) is 25.8. The molecule has 0 bridgehead atoms. The molecule has 1 aliphatic rings. The first-order valence-electron chi connectivity index (χ1n) is 8.09. The predicted molar refractivity (Wildman–Crippen MR) is 84.5 cm³/mol. The van der Waals surface area contributed by atoms with E-state index in [1.54, 1.807) is 0 Å². The minimum Gasteiger partial charge on any atom is -0.449 e. The Morgan fingerprint density at radius 1 is 1.44 bits per heavy atom. The van der Waals surface area contributed by atoms with Gasteiger partial charge in [0.1, 0.15) is 12.2 Å². The van der Waals surface area contributed by atoms with Crippen molar-refractivity contribution >= 4 is 11.9 Å². The molecule has 0 unspecified atom stereocenters. The van der Waals surface area contributed by atoms with Crippen LogP contribution in [0.5, 0.6) is 0 Å². The first-order valence-corrected chi connectivity index (χ1v) is 8.09. The van der Waals surface area contributed by atoms with E-state index in [0.29, 0.717) is 6.42 Å². The van der Waals surface area contributed by atoms with E-state index in [1.807, 2.05) is 6.92 Å². The molecule has 10 heteroatoms. The van der Waals surface area contributed by atoms with E-state index in [0.717, 1.165) is 23.6 Å². The highest BCUT2D eigenvalue weighted by molar-refractivity contribution is 5.83. The number of aliphatic hydroxyl groups excluding tert-OH is 2. The van der Waals surface area contributed by atoms with E-state index in [9.17, 15) is 24.2 Å². The van der Waals surface area contributed by atoms with Gasteiger partial charge in [0.05, 0.1) is 18.9 Å². The molecular weight excluding hydrogens is 337 g/mol. The fourth-order valence-corrected chi connectivity index (χ4v) is 2.42. The van der Waals surface area contributed by atoms with Crippen LogP contribution in [0.15, 0.2) is 11.0 Å². The number of carbonyl (C=O) groups excluding carboxylic acids is 1. The summed E-state index contributed by atoms with van der Waals surface area (Å²) in [5.41, 5.74) is -0.951. The Morgan fingerprint density at radius 2 is 2.16 bits per heavy atom. The third-order valence-corrected chi connectivity index (χ3v) is 3.86. The maximum absolute atomic E-state index is 14.1. The molecule has 0 aromatic carbocycles. The summed E-state index contributed by atoms with van der Waals surface area (Å²) in [7, 11) is 0. The van der Waals surface area contributed by atoms with Crippen LogP contribution < -0.4 is 11.0 Å². The molecule has 0 spiro atoms. The Bertz CT molecular complexity index is 667. The molecule has 0 aliphatic carbocycles. The number of ether oxygens (including phenoxy) is 2. The van der Waals surface area contributed by atoms with E-state index < -0.39 is 48.0 Å². The van der Waals surface area contributed by atoms with Crippen molar-refractivity contribution in [1.82, 2.24) is 9.55 Å². The fourth-order valence-electron chi connectivity index (χ4n) is 2.42. The van der Waals surface area contributed by atoms with Gasteiger partial charge in [0.25, 0.3) is 0 Å². The van der Waals surface area contributed by atoms with Crippen molar-refractivity contribution in [2.24, 2.45) is 0 Å². The summed E-state index contributed by atoms with van der Waals surface area (Å²) in [5.74, 6) is -1.59. The molecule has 2 heterocycles. The Morgan fingerprint density at radius 3 is 2.76 bits per heavy atom. The molecule has 3 N–H and O–H groups in total. The number of halogens is 1. The van der Waals surface area contributed by atoms with Crippen molar-refractivity contribution in [1.29, 1.82) is 0 Å². The first kappa shape index (κ1) is 19.3. The zero-order valence-electron chi connectivity index (χ0n) is 14.0. The standard InChI is InChI=1S/C15H22FN3O6/c1-3-4-5-6-24-15(23)18-12-9(16)7-19(14(22)17-12)13-11(21)10(20)8(2)25-13/h7-8,10-11,13,20-21H,3-6H2,1-2H3,(H,17,18,22,23)/t8-,10-,11+,13-/m1/s1. The predicted octanol–water partition coefficient (Wildman–Crippen LogP) is 0.760. The second-order valence-electron chi connectivity index (χ2n) is 5.81. The lowest BCUT2D eigenvalue weighted by Gasteiger charge is -2.17. The third kappa shape index (κ3) is 4.53. The van der Waals surface area contributed by atoms with Gasteiger partial charge in [-0.1, -0.05) is 19.8 Å². The molecular formula is C15H22FN3O6. The lowest BCUT2D eigenvalue weighted by molar-refractivity contribution is -0.0355. The lowest BCUT2D eigenvalue weighted by atomic mass is 10.1. The Labute approximate surface area is 143 Å². The molecule has 1 amide bonds. The molecule has 2 rings (SSSR count). The summed E-state index contributed by atoms with van der Waals surface area (Å²) >= 11 is 0. The van der Waals surface area contributed by atoms with Crippen molar-refractivity contribution in [2.45, 2.75) is 57.6 Å². The summed E-state index contributed by atoms with van der Waals surface area (Å²) in [6.07, 6.45) is -2.25. The number of unbranched alkanes of at least 4 members (excludes halogenated alkanes) is 2. The molecule has 1 aromatic rings. The molecule has 1 saturated heterocycles. The number of nitrogens with one attached hydrogen (secondary N) is 1. The van der Waals surface area contributed by atoms with Gasteiger partial charge in [-0.05, 0) is 13.3 Å². The molecule has 4 atom stereocenters. The number of nitrogens with zero attached hydrogens (tertiary/aromatic N) is 2. The van der Waals surface area contributed by atoms with E-state index in [-0.39, 0.29) is 6.61 Å². The number of hydrogen-bond acceptors (Lipinski definition) is 7. The second-order valence-corrected chi connectivity index (χ2v) is 5.81. The quantitative estimate of drug-likeness (QED) is 0.641. The van der Waals surface area contributed by atoms with Crippen LogP contribution in [0.2, 0.25) is 0 Å². The third-order valence-electron chi connectivity index (χ3n) is 3.86. The number of rotatable bonds is 6. The number of carbonyl (C=O) groups is 1. The monoisotopic (exact) mass is 359 g/mol. The van der Waals surface area contributed by atoms with Crippen LogP contribution in [0.4, 0.5) is 15.0 Å². The summed E-state index contributed by atoms with van der Waals surface area (Å²) in [6, 6.07) is 0. The number of anilines is 1. The highest BCUT2D eigenvalue weighted by atomic mass is 19.1. The Hall–Kier alpha value is -2.04. The lowest BCUT2D eigenvalue weighted by Crippen LogP contribution is -2.36. The Kier molecular flexibility index (Phi) is 6.45. The topological polar surface area (TPSA) is 123 Å². The smallest absolute Gasteiger partial charge is 0.412 e. The molecule has 140 valence electrons. The second kappa shape index (κ2) is 8.37. The maximum Gasteiger partial charge on any atom is 0.412 e. The number of hydrogen-bond donors (Lipinski definition) is 3. The van der Waals surface area contributed by atoms with E-state index in [2.05, 4.69) is 10.3 Å². The Balaban J connectivity index is 2.07. The largest absolute Gasteiger partial charge is 0.449 e. The van der Waals surface area contributed by atoms with Crippen LogP contribution in [0.1, 0.15) is 39.3 Å². The zero-order chi connectivity index (χ0) is 18.6. The van der Waals surface area contributed by atoms with Crippen LogP contribution in [0, 0.1) is 5.82 Å². The highest BCUT2D eigenvalue weighted by Crippen LogP contribution is 2.28. The van der Waals surface area contributed by atoms with Crippen LogP contribution in [-0.4, -0.2) is 50.8 Å². The van der Waals surface area contributed by atoms with Crippen molar-refractivity contribution in [2.75, 3.05) is 11.9 Å². The molecule has 1 aliphatic heterocycles. The minimum absolute atomic E-state index is 0.177. The van der Waals surface area contributed by atoms with Crippen molar-refractivity contribution in [3.05, 3.63) is 22.5 Å². The molecule has 0 radical (unpaired) electrons. The van der Waals surface area contributed by atoms with Crippen molar-refractivity contribution in [3.8, 4) is 0 Å². The van der Waals surface area contributed by atoms with Crippen LogP contribution in [0.3, 0.4) is 0 Å². The number of aromatic nitrogens is 2. The van der Waals surface area contributed by atoms with Crippen molar-refractivity contribution in [3.63, 3.8) is 0 Å². The molecule has 25 heavy (non-hydrogen) atoms. The maximum atomic E-state index is 14.1. The van der Waals surface area contributed by atoms with E-state index >= 15 is 0 Å². The van der Waals surface area contributed by atoms with Gasteiger partial charge in [0.15, 0.2) is 17.9 Å². The summed E-state index contributed by atoms with van der Waals surface area (Å²) in [5, 5.41) is 21.6. The van der Waals surface area contributed by atoms with Gasteiger partial charge in [-0.2, -0.15) is 4.98 Å². The SMILES string of the molecule is CCCCCOC(=O)Nc1nc(=O)n([C@@H]2O[C@H](C)[C@@H](O)[C@@H]2O)cc1F. The molecule has 0 saturated carbocycles. The van der Waals surface area contributed by atoms with Crippen LogP contribution in [0.25, 0.3) is 0 Å². The van der Waals surface area contributed by atoms with Gasteiger partial charge in [-0.15, -0.1) is 0 Å². The van der Waals surface area contributed by atoms with Crippen LogP contribution in [-0.2, 0) is 9.47 Å². The minimum atomic E-state index is -1.41. The molecule has 1 fully saturated rings. The molecule has 1 aromatic heterocycles. The van der Waals surface area contributed by atoms with Gasteiger partial charge < -0.3 is 19.7 Å². The molecule has 9 nitrogen and oxygen atoms in total. The van der Waals surface area contributed by atoms with E-state index in [4.69, 9.17) is 9.47 Å². The summed E-state index contributed by atoms with van der Waals surface area (Å²) < 4.78 is 24.9.